The summed E-state index contributed by atoms with van der Waals surface area (Å²) in [6.07, 6.45) is 3.36. The number of aromatic nitrogens is 1. The molecular weight excluding hydrogens is 378 g/mol. The first-order valence-corrected chi connectivity index (χ1v) is 9.67. The van der Waals surface area contributed by atoms with Crippen molar-refractivity contribution in [1.29, 1.82) is 0 Å². The number of para-hydroxylation sites is 2. The first-order chi connectivity index (χ1) is 14.5. The van der Waals surface area contributed by atoms with Crippen molar-refractivity contribution in [3.63, 3.8) is 0 Å². The van der Waals surface area contributed by atoms with Crippen molar-refractivity contribution in [2.24, 2.45) is 0 Å². The Morgan fingerprint density at radius 2 is 1.77 bits per heavy atom. The molecule has 0 aliphatic heterocycles. The number of Topliss-reactive ketones (excluding diaryl/α,β-unsaturated/α-hetero) is 1. The van der Waals surface area contributed by atoms with Crippen molar-refractivity contribution in [2.45, 2.75) is 13.0 Å². The molecule has 3 rings (SSSR count). The average Bonchev–Trinajstić information content (AvgIpc) is 2.78. The van der Waals surface area contributed by atoms with Crippen molar-refractivity contribution >= 4 is 28.8 Å². The Bertz CT molecular complexity index is 990. The normalized spacial score (nSPS) is 11.5. The van der Waals surface area contributed by atoms with E-state index in [0.29, 0.717) is 16.9 Å². The summed E-state index contributed by atoms with van der Waals surface area (Å²) >= 11 is 0. The van der Waals surface area contributed by atoms with Crippen LogP contribution in [0.1, 0.15) is 28.9 Å². The van der Waals surface area contributed by atoms with E-state index in [9.17, 15) is 9.59 Å². The molecule has 0 aliphatic carbocycles. The maximum atomic E-state index is 12.4. The standard InChI is InChI=1S/C23H25N5O2/c1-16(26-14-20(29)15-27-19-5-4-12-25-13-19)17-8-10-18(11-9-17)23(30)28-22-7-3-2-6-21(22)24/h2-13,16,26-27H,14-15,24H2,1H3,(H,28,30). The molecule has 0 aliphatic rings. The number of nitrogens with zero attached hydrogens (tertiary/aromatic N) is 1. The summed E-state index contributed by atoms with van der Waals surface area (Å²) in [5.74, 6) is -0.182. The van der Waals surface area contributed by atoms with Gasteiger partial charge in [0.25, 0.3) is 5.91 Å². The van der Waals surface area contributed by atoms with Gasteiger partial charge in [0.2, 0.25) is 0 Å². The molecule has 1 amide bonds. The highest BCUT2D eigenvalue weighted by Gasteiger charge is 2.11. The minimum absolute atomic E-state index is 0.0331. The molecule has 0 bridgehead atoms. The van der Waals surface area contributed by atoms with Gasteiger partial charge in [0, 0.05) is 24.0 Å². The molecule has 30 heavy (non-hydrogen) atoms. The van der Waals surface area contributed by atoms with Gasteiger partial charge < -0.3 is 21.7 Å². The van der Waals surface area contributed by atoms with Crippen molar-refractivity contribution in [1.82, 2.24) is 10.3 Å². The molecule has 154 valence electrons. The van der Waals surface area contributed by atoms with Crippen LogP contribution in [0.2, 0.25) is 0 Å². The quantitative estimate of drug-likeness (QED) is 0.408. The monoisotopic (exact) mass is 403 g/mol. The third kappa shape index (κ3) is 5.89. The number of nitrogens with two attached hydrogens (primary N) is 1. The van der Waals surface area contributed by atoms with Gasteiger partial charge in [0.15, 0.2) is 5.78 Å². The van der Waals surface area contributed by atoms with Crippen LogP contribution >= 0.6 is 0 Å². The highest BCUT2D eigenvalue weighted by atomic mass is 16.1. The average molecular weight is 403 g/mol. The topological polar surface area (TPSA) is 109 Å². The molecule has 1 atom stereocenters. The lowest BCUT2D eigenvalue weighted by molar-refractivity contribution is -0.116. The van der Waals surface area contributed by atoms with Gasteiger partial charge in [-0.15, -0.1) is 0 Å². The molecule has 0 saturated heterocycles. The summed E-state index contributed by atoms with van der Waals surface area (Å²) in [7, 11) is 0. The molecular formula is C23H25N5O2. The lowest BCUT2D eigenvalue weighted by atomic mass is 10.1. The zero-order valence-corrected chi connectivity index (χ0v) is 16.8. The minimum atomic E-state index is -0.225. The molecule has 7 nitrogen and oxygen atoms in total. The van der Waals surface area contributed by atoms with E-state index in [1.54, 1.807) is 36.7 Å². The number of carbonyl (C=O) groups is 2. The molecule has 2 aromatic carbocycles. The van der Waals surface area contributed by atoms with E-state index in [1.165, 1.54) is 0 Å². The fraction of sp³-hybridized carbons (Fsp3) is 0.174. The van der Waals surface area contributed by atoms with Crippen molar-refractivity contribution in [3.05, 3.63) is 84.2 Å². The van der Waals surface area contributed by atoms with E-state index in [-0.39, 0.29) is 30.8 Å². The van der Waals surface area contributed by atoms with Crippen LogP contribution < -0.4 is 21.7 Å². The lowest BCUT2D eigenvalue weighted by Crippen LogP contribution is -2.29. The summed E-state index contributed by atoms with van der Waals surface area (Å²) in [4.78, 5) is 28.5. The summed E-state index contributed by atoms with van der Waals surface area (Å²) in [5, 5.41) is 9.06. The predicted molar refractivity (Wildman–Crippen MR) is 119 cm³/mol. The molecule has 0 radical (unpaired) electrons. The van der Waals surface area contributed by atoms with Gasteiger partial charge in [-0.05, 0) is 48.9 Å². The summed E-state index contributed by atoms with van der Waals surface area (Å²) < 4.78 is 0. The SMILES string of the molecule is CC(NCC(=O)CNc1cccnc1)c1ccc(C(=O)Nc2ccccc2N)cc1. The van der Waals surface area contributed by atoms with E-state index in [4.69, 9.17) is 5.73 Å². The van der Waals surface area contributed by atoms with Gasteiger partial charge in [0.1, 0.15) is 0 Å². The predicted octanol–water partition coefficient (Wildman–Crippen LogP) is 3.25. The number of hydrogen-bond donors (Lipinski definition) is 4. The molecule has 0 fully saturated rings. The maximum Gasteiger partial charge on any atom is 0.255 e. The molecule has 3 aromatic rings. The van der Waals surface area contributed by atoms with E-state index >= 15 is 0 Å². The summed E-state index contributed by atoms with van der Waals surface area (Å²) in [6.45, 7) is 2.44. The van der Waals surface area contributed by atoms with E-state index in [2.05, 4.69) is 20.9 Å². The maximum absolute atomic E-state index is 12.4. The zero-order chi connectivity index (χ0) is 21.3. The Balaban J connectivity index is 1.48. The number of hydrogen-bond acceptors (Lipinski definition) is 6. The van der Waals surface area contributed by atoms with Gasteiger partial charge in [-0.25, -0.2) is 0 Å². The fourth-order valence-corrected chi connectivity index (χ4v) is 2.84. The Hall–Kier alpha value is -3.71. The number of nitrogen functional groups attached to an aromatic ring is 1. The van der Waals surface area contributed by atoms with Crippen LogP contribution in [0.25, 0.3) is 0 Å². The smallest absolute Gasteiger partial charge is 0.255 e. The fourth-order valence-electron chi connectivity index (χ4n) is 2.84. The number of nitrogens with one attached hydrogen (secondary N) is 3. The number of ketones is 1. The second-order valence-electron chi connectivity index (χ2n) is 6.90. The van der Waals surface area contributed by atoms with E-state index < -0.39 is 0 Å². The molecule has 1 aromatic heterocycles. The van der Waals surface area contributed by atoms with Crippen LogP contribution in [-0.4, -0.2) is 29.8 Å². The van der Waals surface area contributed by atoms with Crippen LogP contribution in [0, 0.1) is 0 Å². The zero-order valence-electron chi connectivity index (χ0n) is 16.8. The highest BCUT2D eigenvalue weighted by Crippen LogP contribution is 2.19. The molecule has 1 unspecified atom stereocenters. The molecule has 0 spiro atoms. The summed E-state index contributed by atoms with van der Waals surface area (Å²) in [5.41, 5.74) is 9.29. The largest absolute Gasteiger partial charge is 0.397 e. The number of benzene rings is 2. The van der Waals surface area contributed by atoms with E-state index in [0.717, 1.165) is 11.3 Å². The van der Waals surface area contributed by atoms with Gasteiger partial charge in [0.05, 0.1) is 30.2 Å². The van der Waals surface area contributed by atoms with Crippen LogP contribution in [0.3, 0.4) is 0 Å². The minimum Gasteiger partial charge on any atom is -0.397 e. The molecule has 5 N–H and O–H groups in total. The van der Waals surface area contributed by atoms with Crippen molar-refractivity contribution < 1.29 is 9.59 Å². The summed E-state index contributed by atoms with van der Waals surface area (Å²) in [6, 6.07) is 18.0. The van der Waals surface area contributed by atoms with Gasteiger partial charge >= 0.3 is 0 Å². The first kappa shape index (κ1) is 21.0. The molecule has 7 heteroatoms. The number of pyridine rings is 1. The number of anilines is 3. The number of carbonyl (C=O) groups excluding carboxylic acids is 2. The first-order valence-electron chi connectivity index (χ1n) is 9.67. The Morgan fingerprint density at radius 1 is 1.00 bits per heavy atom. The lowest BCUT2D eigenvalue weighted by Gasteiger charge is -2.15. The van der Waals surface area contributed by atoms with Crippen LogP contribution in [0.15, 0.2) is 73.1 Å². The number of rotatable bonds is 9. The van der Waals surface area contributed by atoms with Crippen LogP contribution in [0.4, 0.5) is 17.1 Å². The van der Waals surface area contributed by atoms with Gasteiger partial charge in [-0.1, -0.05) is 24.3 Å². The van der Waals surface area contributed by atoms with E-state index in [1.807, 2.05) is 43.3 Å². The highest BCUT2D eigenvalue weighted by molar-refractivity contribution is 6.05. The Kier molecular flexibility index (Phi) is 7.13. The molecule has 0 saturated carbocycles. The Labute approximate surface area is 175 Å². The third-order valence-corrected chi connectivity index (χ3v) is 4.64. The second kappa shape index (κ2) is 10.2. The van der Waals surface area contributed by atoms with Crippen LogP contribution in [0.5, 0.6) is 0 Å². The number of amides is 1. The third-order valence-electron chi connectivity index (χ3n) is 4.64. The molecule has 1 heterocycles. The van der Waals surface area contributed by atoms with Gasteiger partial charge in [-0.2, -0.15) is 0 Å². The second-order valence-corrected chi connectivity index (χ2v) is 6.90. The van der Waals surface area contributed by atoms with Gasteiger partial charge in [-0.3, -0.25) is 14.6 Å². The van der Waals surface area contributed by atoms with Crippen molar-refractivity contribution in [2.75, 3.05) is 29.5 Å². The van der Waals surface area contributed by atoms with Crippen LogP contribution in [-0.2, 0) is 4.79 Å². The Morgan fingerprint density at radius 3 is 2.47 bits per heavy atom. The van der Waals surface area contributed by atoms with Crippen molar-refractivity contribution in [3.8, 4) is 0 Å².